The molecule has 3 aromatic rings. The van der Waals surface area contributed by atoms with E-state index in [1.54, 1.807) is 19.3 Å². The molecule has 140 valence electrons. The number of aromatic hydroxyl groups is 1. The van der Waals surface area contributed by atoms with Gasteiger partial charge in [-0.2, -0.15) is 5.10 Å². The fourth-order valence-corrected chi connectivity index (χ4v) is 2.70. The minimum absolute atomic E-state index is 0.352. The molecule has 1 heterocycles. The second-order valence-corrected chi connectivity index (χ2v) is 6.04. The first-order valence-corrected chi connectivity index (χ1v) is 8.62. The van der Waals surface area contributed by atoms with Gasteiger partial charge in [0.25, 0.3) is 0 Å². The predicted molar refractivity (Wildman–Crippen MR) is 103 cm³/mol. The highest BCUT2D eigenvalue weighted by molar-refractivity contribution is 5.79. The lowest BCUT2D eigenvalue weighted by Gasteiger charge is -2.14. The SMILES string of the molecule is CN=C(NCc1ccc(O)c(F)c1)NCc1ccccc1Cn1cccn1. The molecule has 0 unspecified atom stereocenters. The van der Waals surface area contributed by atoms with Crippen LogP contribution < -0.4 is 10.6 Å². The van der Waals surface area contributed by atoms with Gasteiger partial charge >= 0.3 is 0 Å². The van der Waals surface area contributed by atoms with E-state index in [2.05, 4.69) is 32.9 Å². The summed E-state index contributed by atoms with van der Waals surface area (Å²) in [5, 5.41) is 19.9. The molecular formula is C20H22FN5O. The van der Waals surface area contributed by atoms with E-state index in [4.69, 9.17) is 0 Å². The van der Waals surface area contributed by atoms with Crippen LogP contribution in [0.2, 0.25) is 0 Å². The molecule has 0 aliphatic rings. The fourth-order valence-electron chi connectivity index (χ4n) is 2.70. The smallest absolute Gasteiger partial charge is 0.191 e. The Bertz CT molecular complexity index is 908. The van der Waals surface area contributed by atoms with Gasteiger partial charge in [0.2, 0.25) is 0 Å². The number of aliphatic imine (C=N–C) groups is 1. The van der Waals surface area contributed by atoms with Crippen molar-refractivity contribution in [2.75, 3.05) is 7.05 Å². The van der Waals surface area contributed by atoms with Gasteiger partial charge in [0.1, 0.15) is 0 Å². The maximum absolute atomic E-state index is 13.4. The van der Waals surface area contributed by atoms with Crippen LogP contribution in [0.15, 0.2) is 65.9 Å². The number of aromatic nitrogens is 2. The van der Waals surface area contributed by atoms with Crippen LogP contribution >= 0.6 is 0 Å². The highest BCUT2D eigenvalue weighted by atomic mass is 19.1. The zero-order chi connectivity index (χ0) is 19.1. The first-order chi connectivity index (χ1) is 13.2. The molecule has 0 saturated carbocycles. The number of hydrogen-bond acceptors (Lipinski definition) is 3. The summed E-state index contributed by atoms with van der Waals surface area (Å²) in [6.07, 6.45) is 3.69. The highest BCUT2D eigenvalue weighted by Crippen LogP contribution is 2.16. The highest BCUT2D eigenvalue weighted by Gasteiger charge is 2.06. The van der Waals surface area contributed by atoms with Gasteiger partial charge in [0.15, 0.2) is 17.5 Å². The lowest BCUT2D eigenvalue weighted by atomic mass is 10.1. The molecule has 2 aromatic carbocycles. The average Bonchev–Trinajstić information content (AvgIpc) is 3.19. The molecule has 0 atom stereocenters. The summed E-state index contributed by atoms with van der Waals surface area (Å²) in [6.45, 7) is 1.69. The normalized spacial score (nSPS) is 11.4. The Kier molecular flexibility index (Phi) is 6.04. The van der Waals surface area contributed by atoms with Gasteiger partial charge in [-0.1, -0.05) is 30.3 Å². The Morgan fingerprint density at radius 1 is 1.11 bits per heavy atom. The van der Waals surface area contributed by atoms with Gasteiger partial charge in [0.05, 0.1) is 6.54 Å². The fraction of sp³-hybridized carbons (Fsp3) is 0.200. The van der Waals surface area contributed by atoms with Crippen molar-refractivity contribution in [3.63, 3.8) is 0 Å². The van der Waals surface area contributed by atoms with Gasteiger partial charge < -0.3 is 15.7 Å². The summed E-state index contributed by atoms with van der Waals surface area (Å²) in [5.41, 5.74) is 3.03. The van der Waals surface area contributed by atoms with Crippen LogP contribution in [0.25, 0.3) is 0 Å². The van der Waals surface area contributed by atoms with Crippen molar-refractivity contribution in [2.24, 2.45) is 4.99 Å². The molecule has 0 aliphatic carbocycles. The first-order valence-electron chi connectivity index (χ1n) is 8.62. The van der Waals surface area contributed by atoms with Crippen molar-refractivity contribution >= 4 is 5.96 Å². The van der Waals surface area contributed by atoms with Gasteiger partial charge in [-0.3, -0.25) is 9.67 Å². The van der Waals surface area contributed by atoms with Gasteiger partial charge in [-0.25, -0.2) is 4.39 Å². The van der Waals surface area contributed by atoms with Crippen LogP contribution in [0.1, 0.15) is 16.7 Å². The summed E-state index contributed by atoms with van der Waals surface area (Å²) in [7, 11) is 1.68. The molecule has 3 rings (SSSR count). The molecule has 0 radical (unpaired) electrons. The average molecular weight is 367 g/mol. The number of benzene rings is 2. The van der Waals surface area contributed by atoms with E-state index in [-0.39, 0.29) is 5.75 Å². The zero-order valence-electron chi connectivity index (χ0n) is 15.1. The van der Waals surface area contributed by atoms with Crippen LogP contribution in [-0.4, -0.2) is 27.9 Å². The molecule has 0 saturated heterocycles. The minimum atomic E-state index is -0.634. The van der Waals surface area contributed by atoms with Gasteiger partial charge in [0, 0.05) is 32.5 Å². The molecule has 0 aliphatic heterocycles. The van der Waals surface area contributed by atoms with Gasteiger partial charge in [-0.15, -0.1) is 0 Å². The Morgan fingerprint density at radius 2 is 1.89 bits per heavy atom. The van der Waals surface area contributed by atoms with Crippen LogP contribution in [0, 0.1) is 5.82 Å². The van der Waals surface area contributed by atoms with E-state index in [1.165, 1.54) is 17.7 Å². The lowest BCUT2D eigenvalue weighted by molar-refractivity contribution is 0.431. The molecule has 0 bridgehead atoms. The largest absolute Gasteiger partial charge is 0.505 e. The van der Waals surface area contributed by atoms with E-state index >= 15 is 0 Å². The molecule has 0 fully saturated rings. The van der Waals surface area contributed by atoms with Crippen LogP contribution in [0.5, 0.6) is 5.75 Å². The maximum atomic E-state index is 13.4. The van der Waals surface area contributed by atoms with E-state index < -0.39 is 5.82 Å². The van der Waals surface area contributed by atoms with Crippen molar-refractivity contribution in [2.45, 2.75) is 19.6 Å². The second-order valence-electron chi connectivity index (χ2n) is 6.04. The number of nitrogens with one attached hydrogen (secondary N) is 2. The van der Waals surface area contributed by atoms with Crippen LogP contribution in [0.3, 0.4) is 0 Å². The summed E-state index contributed by atoms with van der Waals surface area (Å²) in [5.74, 6) is -0.378. The first kappa shape index (κ1) is 18.4. The topological polar surface area (TPSA) is 74.5 Å². The number of phenols is 1. The number of halogens is 1. The Morgan fingerprint density at radius 3 is 2.59 bits per heavy atom. The van der Waals surface area contributed by atoms with Crippen molar-refractivity contribution < 1.29 is 9.50 Å². The number of hydrogen-bond donors (Lipinski definition) is 3. The Labute approximate surface area is 157 Å². The van der Waals surface area contributed by atoms with Crippen molar-refractivity contribution in [3.05, 3.63) is 83.4 Å². The Hall–Kier alpha value is -3.35. The van der Waals surface area contributed by atoms with Crippen LogP contribution in [-0.2, 0) is 19.6 Å². The number of rotatable bonds is 6. The quantitative estimate of drug-likeness (QED) is 0.463. The molecule has 1 aromatic heterocycles. The number of nitrogens with zero attached hydrogens (tertiary/aromatic N) is 3. The molecule has 3 N–H and O–H groups in total. The van der Waals surface area contributed by atoms with Crippen LogP contribution in [0.4, 0.5) is 4.39 Å². The summed E-state index contributed by atoms with van der Waals surface area (Å²) < 4.78 is 15.3. The van der Waals surface area contributed by atoms with Crippen molar-refractivity contribution in [3.8, 4) is 5.75 Å². The monoisotopic (exact) mass is 367 g/mol. The number of guanidine groups is 1. The van der Waals surface area contributed by atoms with E-state index in [0.717, 1.165) is 5.56 Å². The summed E-state index contributed by atoms with van der Waals surface area (Å²) in [6, 6.07) is 14.4. The van der Waals surface area contributed by atoms with E-state index in [0.29, 0.717) is 31.2 Å². The zero-order valence-corrected chi connectivity index (χ0v) is 15.1. The summed E-state index contributed by atoms with van der Waals surface area (Å²) >= 11 is 0. The Balaban J connectivity index is 1.59. The molecule has 0 amide bonds. The third-order valence-corrected chi connectivity index (χ3v) is 4.15. The van der Waals surface area contributed by atoms with Crippen molar-refractivity contribution in [1.29, 1.82) is 0 Å². The molecule has 7 heteroatoms. The molecule has 6 nitrogen and oxygen atoms in total. The molecule has 0 spiro atoms. The minimum Gasteiger partial charge on any atom is -0.505 e. The second kappa shape index (κ2) is 8.84. The number of phenolic OH excluding ortho intramolecular Hbond substituents is 1. The van der Waals surface area contributed by atoms with Crippen molar-refractivity contribution in [1.82, 2.24) is 20.4 Å². The maximum Gasteiger partial charge on any atom is 0.191 e. The van der Waals surface area contributed by atoms with Gasteiger partial charge in [-0.05, 0) is 34.9 Å². The lowest BCUT2D eigenvalue weighted by Crippen LogP contribution is -2.36. The third-order valence-electron chi connectivity index (χ3n) is 4.15. The van der Waals surface area contributed by atoms with E-state index in [9.17, 15) is 9.50 Å². The third kappa shape index (κ3) is 5.07. The van der Waals surface area contributed by atoms with E-state index in [1.807, 2.05) is 29.1 Å². The molecule has 27 heavy (non-hydrogen) atoms. The predicted octanol–water partition coefficient (Wildman–Crippen LogP) is 2.64. The summed E-state index contributed by atoms with van der Waals surface area (Å²) in [4.78, 5) is 4.20. The standard InChI is InChI=1S/C20H22FN5O/c1-22-20(23-12-15-7-8-19(27)18(21)11-15)24-13-16-5-2-3-6-17(16)14-26-10-4-9-25-26/h2-11,27H,12-14H2,1H3,(H2,22,23,24). The molecular weight excluding hydrogens is 345 g/mol.